The maximum atomic E-state index is 13.3. The number of nitrogens with one attached hydrogen (secondary N) is 2. The second kappa shape index (κ2) is 9.29. The molecule has 0 unspecified atom stereocenters. The highest BCUT2D eigenvalue weighted by atomic mass is 19.1. The number of rotatable bonds is 6. The molecule has 2 aliphatic rings. The van der Waals surface area contributed by atoms with E-state index in [9.17, 15) is 4.39 Å². The fraction of sp³-hybridized carbons (Fsp3) is 0.375. The van der Waals surface area contributed by atoms with Crippen LogP contribution < -0.4 is 15.5 Å². The Labute approximate surface area is 192 Å². The van der Waals surface area contributed by atoms with Crippen LogP contribution in [0.1, 0.15) is 31.4 Å². The zero-order chi connectivity index (χ0) is 22.7. The topological polar surface area (TPSA) is 84.4 Å². The minimum atomic E-state index is -0.428. The molecule has 2 aromatic heterocycles. The number of benzene rings is 1. The van der Waals surface area contributed by atoms with Gasteiger partial charge in [-0.3, -0.25) is 4.98 Å². The summed E-state index contributed by atoms with van der Waals surface area (Å²) in [5, 5.41) is 6.69. The van der Waals surface area contributed by atoms with E-state index in [1.165, 1.54) is 12.1 Å². The molecule has 0 aliphatic carbocycles. The number of pyridine rings is 1. The van der Waals surface area contributed by atoms with Crippen molar-refractivity contribution in [3.63, 3.8) is 0 Å². The second-order valence-corrected chi connectivity index (χ2v) is 8.32. The van der Waals surface area contributed by atoms with E-state index in [2.05, 4.69) is 25.5 Å². The summed E-state index contributed by atoms with van der Waals surface area (Å²) in [5.41, 5.74) is 2.01. The van der Waals surface area contributed by atoms with Gasteiger partial charge in [0.1, 0.15) is 23.3 Å². The van der Waals surface area contributed by atoms with Gasteiger partial charge in [-0.2, -0.15) is 0 Å². The van der Waals surface area contributed by atoms with Crippen molar-refractivity contribution in [3.8, 4) is 0 Å². The smallest absolute Gasteiger partial charge is 0.171 e. The summed E-state index contributed by atoms with van der Waals surface area (Å²) in [6, 6.07) is 10.5. The third-order valence-corrected chi connectivity index (χ3v) is 6.07. The maximum absolute atomic E-state index is 13.3. The summed E-state index contributed by atoms with van der Waals surface area (Å²) < 4.78 is 25.1. The Hall–Kier alpha value is -3.30. The van der Waals surface area contributed by atoms with Gasteiger partial charge in [0.2, 0.25) is 0 Å². The number of halogens is 1. The third-order valence-electron chi connectivity index (χ3n) is 6.07. The zero-order valence-corrected chi connectivity index (χ0v) is 18.5. The first kappa shape index (κ1) is 21.5. The summed E-state index contributed by atoms with van der Waals surface area (Å²) in [6.07, 6.45) is 6.55. The van der Waals surface area contributed by atoms with Crippen LogP contribution in [0.3, 0.4) is 0 Å². The molecule has 172 valence electrons. The molecule has 9 heteroatoms. The molecule has 1 spiro atoms. The molecular weight excluding hydrogens is 423 g/mol. The fourth-order valence-electron chi connectivity index (χ4n) is 4.28. The second-order valence-electron chi connectivity index (χ2n) is 8.32. The van der Waals surface area contributed by atoms with Crippen molar-refractivity contribution in [2.75, 3.05) is 41.8 Å². The summed E-state index contributed by atoms with van der Waals surface area (Å²) in [6.45, 7) is 4.99. The lowest BCUT2D eigenvalue weighted by Crippen LogP contribution is -2.45. The van der Waals surface area contributed by atoms with Gasteiger partial charge in [-0.1, -0.05) is 12.1 Å². The quantitative estimate of drug-likeness (QED) is 0.576. The Bertz CT molecular complexity index is 1070. The molecule has 33 heavy (non-hydrogen) atoms. The molecule has 1 aromatic carbocycles. The van der Waals surface area contributed by atoms with E-state index in [1.807, 2.05) is 19.1 Å². The SMILES string of the molecule is C[C@H](Nc1cc(N2CCC3(CC2)OCCO3)cc(Nc2cnccn2)n1)c1ccc(F)cc1. The Balaban J connectivity index is 1.38. The van der Waals surface area contributed by atoms with Crippen LogP contribution in [-0.4, -0.2) is 47.0 Å². The average Bonchev–Trinajstić information content (AvgIpc) is 3.28. The summed E-state index contributed by atoms with van der Waals surface area (Å²) in [4.78, 5) is 15.5. The number of ether oxygens (including phenoxy) is 2. The normalized spacial score (nSPS) is 18.3. The van der Waals surface area contributed by atoms with Crippen molar-refractivity contribution in [3.05, 3.63) is 66.4 Å². The van der Waals surface area contributed by atoms with E-state index in [1.54, 1.807) is 30.7 Å². The lowest BCUT2D eigenvalue weighted by molar-refractivity contribution is -0.169. The van der Waals surface area contributed by atoms with Crippen LogP contribution in [0.15, 0.2) is 55.0 Å². The van der Waals surface area contributed by atoms with Gasteiger partial charge in [0.15, 0.2) is 5.79 Å². The highest BCUT2D eigenvalue weighted by Crippen LogP contribution is 2.35. The van der Waals surface area contributed by atoms with Gasteiger partial charge in [0.25, 0.3) is 0 Å². The van der Waals surface area contributed by atoms with Crippen molar-refractivity contribution >= 4 is 23.1 Å². The highest BCUT2D eigenvalue weighted by molar-refractivity contribution is 5.65. The molecule has 5 rings (SSSR count). The molecule has 0 bridgehead atoms. The molecule has 4 heterocycles. The molecule has 0 radical (unpaired) electrons. The molecule has 0 saturated carbocycles. The molecule has 3 aromatic rings. The zero-order valence-electron chi connectivity index (χ0n) is 18.5. The van der Waals surface area contributed by atoms with Crippen molar-refractivity contribution in [1.82, 2.24) is 15.0 Å². The van der Waals surface area contributed by atoms with E-state index in [4.69, 9.17) is 14.5 Å². The minimum absolute atomic E-state index is 0.0531. The fourth-order valence-corrected chi connectivity index (χ4v) is 4.28. The van der Waals surface area contributed by atoms with E-state index in [-0.39, 0.29) is 11.9 Å². The molecular formula is C24H27FN6O2. The third kappa shape index (κ3) is 5.04. The van der Waals surface area contributed by atoms with Crippen LogP contribution in [0.5, 0.6) is 0 Å². The first-order chi connectivity index (χ1) is 16.1. The number of hydrogen-bond donors (Lipinski definition) is 2. The minimum Gasteiger partial charge on any atom is -0.371 e. The summed E-state index contributed by atoms with van der Waals surface area (Å²) >= 11 is 0. The van der Waals surface area contributed by atoms with Gasteiger partial charge in [0, 0.05) is 62.2 Å². The highest BCUT2D eigenvalue weighted by Gasteiger charge is 2.39. The van der Waals surface area contributed by atoms with Crippen molar-refractivity contribution in [1.29, 1.82) is 0 Å². The maximum Gasteiger partial charge on any atom is 0.171 e. The van der Waals surface area contributed by atoms with Gasteiger partial charge in [-0.05, 0) is 24.6 Å². The summed E-state index contributed by atoms with van der Waals surface area (Å²) in [7, 11) is 0. The van der Waals surface area contributed by atoms with Crippen molar-refractivity contribution in [2.45, 2.75) is 31.6 Å². The first-order valence-corrected chi connectivity index (χ1v) is 11.2. The largest absolute Gasteiger partial charge is 0.371 e. The van der Waals surface area contributed by atoms with Crippen molar-refractivity contribution < 1.29 is 13.9 Å². The molecule has 1 atom stereocenters. The van der Waals surface area contributed by atoms with E-state index >= 15 is 0 Å². The average molecular weight is 451 g/mol. The number of piperidine rings is 1. The lowest BCUT2D eigenvalue weighted by atomic mass is 10.0. The van der Waals surface area contributed by atoms with Crippen LogP contribution in [0.4, 0.5) is 27.5 Å². The molecule has 2 aliphatic heterocycles. The van der Waals surface area contributed by atoms with Gasteiger partial charge >= 0.3 is 0 Å². The summed E-state index contributed by atoms with van der Waals surface area (Å²) in [5.74, 6) is 1.31. The van der Waals surface area contributed by atoms with Gasteiger partial charge < -0.3 is 25.0 Å². The molecule has 2 saturated heterocycles. The van der Waals surface area contributed by atoms with E-state index < -0.39 is 5.79 Å². The number of nitrogens with zero attached hydrogens (tertiary/aromatic N) is 4. The molecule has 2 fully saturated rings. The van der Waals surface area contributed by atoms with Gasteiger partial charge in [0.05, 0.1) is 19.4 Å². The predicted molar refractivity (Wildman–Crippen MR) is 124 cm³/mol. The molecule has 0 amide bonds. The number of anilines is 4. The Morgan fingerprint density at radius 1 is 1.00 bits per heavy atom. The number of aromatic nitrogens is 3. The molecule has 2 N–H and O–H groups in total. The van der Waals surface area contributed by atoms with Gasteiger partial charge in [-0.15, -0.1) is 0 Å². The molecule has 8 nitrogen and oxygen atoms in total. The van der Waals surface area contributed by atoms with Crippen LogP contribution >= 0.6 is 0 Å². The van der Waals surface area contributed by atoms with Gasteiger partial charge in [-0.25, -0.2) is 14.4 Å². The number of hydrogen-bond acceptors (Lipinski definition) is 8. The van der Waals surface area contributed by atoms with Crippen LogP contribution in [-0.2, 0) is 9.47 Å². The van der Waals surface area contributed by atoms with Crippen LogP contribution in [0.2, 0.25) is 0 Å². The first-order valence-electron chi connectivity index (χ1n) is 11.2. The Morgan fingerprint density at radius 3 is 2.42 bits per heavy atom. The Morgan fingerprint density at radius 2 is 1.73 bits per heavy atom. The van der Waals surface area contributed by atoms with Crippen LogP contribution in [0, 0.1) is 5.82 Å². The Kier molecular flexibility index (Phi) is 6.06. The van der Waals surface area contributed by atoms with E-state index in [0.29, 0.717) is 30.7 Å². The van der Waals surface area contributed by atoms with E-state index in [0.717, 1.165) is 37.2 Å². The van der Waals surface area contributed by atoms with Crippen LogP contribution in [0.25, 0.3) is 0 Å². The monoisotopic (exact) mass is 450 g/mol. The lowest BCUT2D eigenvalue weighted by Gasteiger charge is -2.38. The van der Waals surface area contributed by atoms with Crippen molar-refractivity contribution in [2.24, 2.45) is 0 Å². The standard InChI is InChI=1S/C24H27FN6O2/c1-17(18-2-4-19(25)5-3-18)28-21-14-20(15-22(29-21)30-23-16-26-8-9-27-23)31-10-6-24(7-11-31)32-12-13-33-24/h2-5,8-9,14-17H,6-7,10-13H2,1H3,(H2,27,28,29,30)/t17-/m0/s1. The predicted octanol–water partition coefficient (Wildman–Crippen LogP) is 4.27.